The second-order valence-electron chi connectivity index (χ2n) is 7.06. The normalized spacial score (nSPS) is 19.3. The maximum atomic E-state index is 12.8. The molecule has 9 heteroatoms. The van der Waals surface area contributed by atoms with Gasteiger partial charge in [0.1, 0.15) is 21.8 Å². The number of carbonyl (C=O) groups excluding carboxylic acids is 1. The summed E-state index contributed by atoms with van der Waals surface area (Å²) in [5, 5.41) is 9.55. The lowest BCUT2D eigenvalue weighted by molar-refractivity contribution is -0.121. The summed E-state index contributed by atoms with van der Waals surface area (Å²) in [6, 6.07) is 2.04. The van der Waals surface area contributed by atoms with Gasteiger partial charge in [-0.25, -0.2) is 0 Å². The van der Waals surface area contributed by atoms with Gasteiger partial charge in [-0.05, 0) is 32.0 Å². The molecule has 3 rings (SSSR count). The van der Waals surface area contributed by atoms with E-state index in [0.717, 1.165) is 44.1 Å². The molecule has 2 aliphatic rings. The monoisotopic (exact) mass is 431 g/mol. The van der Waals surface area contributed by atoms with E-state index in [4.69, 9.17) is 12.2 Å². The van der Waals surface area contributed by atoms with Crippen LogP contribution in [0.4, 0.5) is 5.82 Å². The van der Waals surface area contributed by atoms with Gasteiger partial charge in [-0.3, -0.25) is 19.1 Å². The molecule has 0 saturated carbocycles. The zero-order valence-corrected chi connectivity index (χ0v) is 18.8. The average molecular weight is 432 g/mol. The van der Waals surface area contributed by atoms with E-state index in [9.17, 15) is 14.9 Å². The van der Waals surface area contributed by atoms with Crippen molar-refractivity contribution in [3.8, 4) is 6.07 Å². The standard InChI is InChI=1S/C20H25N5O2S2/c1-5-23-7-9-24(10-8-23)17-14(13(3)15(12-21)18(26)22(17)4)11-16-19(27)25(6-2)20(28)29-16/h11H,5-10H2,1-4H3/b16-11-. The van der Waals surface area contributed by atoms with Gasteiger partial charge in [0, 0.05) is 45.3 Å². The summed E-state index contributed by atoms with van der Waals surface area (Å²) in [7, 11) is 1.69. The Morgan fingerprint density at radius 1 is 1.17 bits per heavy atom. The zero-order valence-electron chi connectivity index (χ0n) is 17.2. The number of hydrogen-bond donors (Lipinski definition) is 0. The maximum absolute atomic E-state index is 12.8. The number of likely N-dealkylation sites (N-methyl/N-ethyl adjacent to an activating group) is 2. The van der Waals surface area contributed by atoms with Gasteiger partial charge >= 0.3 is 0 Å². The summed E-state index contributed by atoms with van der Waals surface area (Å²) in [5.41, 5.74) is 1.15. The molecule has 154 valence electrons. The smallest absolute Gasteiger partial charge is 0.270 e. The average Bonchev–Trinajstić information content (AvgIpc) is 2.99. The van der Waals surface area contributed by atoms with Crippen LogP contribution in [0.25, 0.3) is 6.08 Å². The van der Waals surface area contributed by atoms with E-state index in [1.54, 1.807) is 29.5 Å². The van der Waals surface area contributed by atoms with Gasteiger partial charge in [0.05, 0.1) is 4.91 Å². The molecule has 1 aromatic rings. The Labute approximate surface area is 180 Å². The SMILES string of the molecule is CCN1CCN(c2c(/C=C3\SC(=S)N(CC)C3=O)c(C)c(C#N)c(=O)n2C)CC1. The molecular weight excluding hydrogens is 406 g/mol. The highest BCUT2D eigenvalue weighted by molar-refractivity contribution is 8.26. The van der Waals surface area contributed by atoms with E-state index in [1.165, 1.54) is 11.8 Å². The maximum Gasteiger partial charge on any atom is 0.270 e. The van der Waals surface area contributed by atoms with Crippen molar-refractivity contribution < 1.29 is 4.79 Å². The largest absolute Gasteiger partial charge is 0.355 e. The van der Waals surface area contributed by atoms with E-state index >= 15 is 0 Å². The minimum atomic E-state index is -0.309. The molecule has 7 nitrogen and oxygen atoms in total. The van der Waals surface area contributed by atoms with E-state index in [2.05, 4.69) is 16.7 Å². The van der Waals surface area contributed by atoms with Crippen molar-refractivity contribution in [2.24, 2.45) is 7.05 Å². The summed E-state index contributed by atoms with van der Waals surface area (Å²) < 4.78 is 2.07. The number of thiocarbonyl (C=S) groups is 1. The Balaban J connectivity index is 2.15. The van der Waals surface area contributed by atoms with Crippen molar-refractivity contribution in [2.45, 2.75) is 20.8 Å². The number of hydrogen-bond acceptors (Lipinski definition) is 7. The van der Waals surface area contributed by atoms with Crippen molar-refractivity contribution >= 4 is 46.1 Å². The number of pyridine rings is 1. The van der Waals surface area contributed by atoms with E-state index in [1.807, 2.05) is 13.0 Å². The minimum absolute atomic E-state index is 0.112. The van der Waals surface area contributed by atoms with Crippen molar-refractivity contribution in [3.05, 3.63) is 31.9 Å². The number of anilines is 1. The van der Waals surface area contributed by atoms with Crippen LogP contribution in [0, 0.1) is 18.3 Å². The Bertz CT molecular complexity index is 984. The molecule has 2 fully saturated rings. The molecule has 29 heavy (non-hydrogen) atoms. The Morgan fingerprint density at radius 2 is 1.83 bits per heavy atom. The number of carbonyl (C=O) groups is 1. The van der Waals surface area contributed by atoms with Crippen LogP contribution in [-0.2, 0) is 11.8 Å². The summed E-state index contributed by atoms with van der Waals surface area (Å²) in [5.74, 6) is 0.625. The first-order chi connectivity index (χ1) is 13.8. The van der Waals surface area contributed by atoms with E-state index in [0.29, 0.717) is 21.3 Å². The Morgan fingerprint density at radius 3 is 2.34 bits per heavy atom. The lowest BCUT2D eigenvalue weighted by Gasteiger charge is -2.37. The number of rotatable bonds is 4. The molecule has 0 unspecified atom stereocenters. The Kier molecular flexibility index (Phi) is 6.46. The van der Waals surface area contributed by atoms with Crippen LogP contribution in [0.5, 0.6) is 0 Å². The lowest BCUT2D eigenvalue weighted by Crippen LogP contribution is -2.48. The second kappa shape index (κ2) is 8.69. The third-order valence-electron chi connectivity index (χ3n) is 5.55. The molecule has 0 spiro atoms. The number of piperazine rings is 1. The van der Waals surface area contributed by atoms with Crippen molar-refractivity contribution in [1.29, 1.82) is 5.26 Å². The summed E-state index contributed by atoms with van der Waals surface area (Å²) in [4.78, 5) is 32.1. The first-order valence-electron chi connectivity index (χ1n) is 9.70. The highest BCUT2D eigenvalue weighted by Crippen LogP contribution is 2.35. The fraction of sp³-hybridized carbons (Fsp3) is 0.500. The molecule has 0 N–H and O–H groups in total. The topological polar surface area (TPSA) is 72.6 Å². The van der Waals surface area contributed by atoms with Gasteiger partial charge in [-0.15, -0.1) is 0 Å². The highest BCUT2D eigenvalue weighted by atomic mass is 32.2. The quantitative estimate of drug-likeness (QED) is 0.533. The molecule has 0 radical (unpaired) electrons. The predicted octanol–water partition coefficient (Wildman–Crippen LogP) is 1.93. The molecule has 2 aliphatic heterocycles. The van der Waals surface area contributed by atoms with Crippen LogP contribution in [0.2, 0.25) is 0 Å². The van der Waals surface area contributed by atoms with Crippen molar-refractivity contribution in [1.82, 2.24) is 14.4 Å². The van der Waals surface area contributed by atoms with Crippen molar-refractivity contribution in [2.75, 3.05) is 44.2 Å². The molecule has 3 heterocycles. The Hall–Kier alpha value is -2.15. The van der Waals surface area contributed by atoms with Crippen molar-refractivity contribution in [3.63, 3.8) is 0 Å². The van der Waals surface area contributed by atoms with E-state index < -0.39 is 0 Å². The van der Waals surface area contributed by atoms with Gasteiger partial charge in [0.25, 0.3) is 11.5 Å². The molecule has 0 atom stereocenters. The molecule has 0 aliphatic carbocycles. The second-order valence-corrected chi connectivity index (χ2v) is 8.74. The molecule has 1 aromatic heterocycles. The highest BCUT2D eigenvalue weighted by Gasteiger charge is 2.32. The van der Waals surface area contributed by atoms with Gasteiger partial charge < -0.3 is 9.80 Å². The fourth-order valence-electron chi connectivity index (χ4n) is 3.77. The zero-order chi connectivity index (χ0) is 21.3. The van der Waals surface area contributed by atoms with Crippen LogP contribution in [0.1, 0.15) is 30.5 Å². The first-order valence-corrected chi connectivity index (χ1v) is 10.9. The van der Waals surface area contributed by atoms with Crippen LogP contribution >= 0.6 is 24.0 Å². The van der Waals surface area contributed by atoms with Gasteiger partial charge in [-0.2, -0.15) is 5.26 Å². The molecule has 0 aromatic carbocycles. The van der Waals surface area contributed by atoms with Crippen LogP contribution in [0.15, 0.2) is 9.70 Å². The van der Waals surface area contributed by atoms with E-state index in [-0.39, 0.29) is 17.0 Å². The third-order valence-corrected chi connectivity index (χ3v) is 6.93. The molecule has 0 bridgehead atoms. The van der Waals surface area contributed by atoms with Gasteiger partial charge in [-0.1, -0.05) is 30.9 Å². The number of aromatic nitrogens is 1. The van der Waals surface area contributed by atoms with Gasteiger partial charge in [0.2, 0.25) is 0 Å². The number of nitrogens with zero attached hydrogens (tertiary/aromatic N) is 5. The fourth-order valence-corrected chi connectivity index (χ4v) is 5.14. The van der Waals surface area contributed by atoms with Crippen LogP contribution < -0.4 is 10.5 Å². The number of amides is 1. The summed E-state index contributed by atoms with van der Waals surface area (Å²) in [6.07, 6.45) is 1.80. The predicted molar refractivity (Wildman–Crippen MR) is 121 cm³/mol. The van der Waals surface area contributed by atoms with Gasteiger partial charge in [0.15, 0.2) is 0 Å². The summed E-state index contributed by atoms with van der Waals surface area (Å²) >= 11 is 6.59. The van der Waals surface area contributed by atoms with Crippen LogP contribution in [-0.4, -0.2) is 63.9 Å². The number of thioether (sulfide) groups is 1. The molecular formula is C20H25N5O2S2. The summed E-state index contributed by atoms with van der Waals surface area (Å²) in [6.45, 7) is 10.7. The third kappa shape index (κ3) is 3.84. The number of nitriles is 1. The minimum Gasteiger partial charge on any atom is -0.355 e. The lowest BCUT2D eigenvalue weighted by atomic mass is 10.0. The first kappa shape index (κ1) is 21.6. The van der Waals surface area contributed by atoms with Crippen LogP contribution in [0.3, 0.4) is 0 Å². The molecule has 2 saturated heterocycles. The molecule has 1 amide bonds.